The third kappa shape index (κ3) is 5.92. The summed E-state index contributed by atoms with van der Waals surface area (Å²) in [6.07, 6.45) is 5.72. The van der Waals surface area contributed by atoms with E-state index < -0.39 is 0 Å². The lowest BCUT2D eigenvalue weighted by Gasteiger charge is -2.28. The number of benzene rings is 2. The number of nitrogens with one attached hydrogen (secondary N) is 1. The highest BCUT2D eigenvalue weighted by Crippen LogP contribution is 2.37. The molecule has 5 rings (SSSR count). The Morgan fingerprint density at radius 1 is 1.11 bits per heavy atom. The number of nitrogen functional groups attached to an aromatic ring is 1. The number of fused-ring (bicyclic) bond motifs is 1. The number of hydrogen-bond donors (Lipinski definition) is 2. The maximum atomic E-state index is 12.7. The van der Waals surface area contributed by atoms with Gasteiger partial charge >= 0.3 is 0 Å². The predicted molar refractivity (Wildman–Crippen MR) is 157 cm³/mol. The number of nitrogens with two attached hydrogens (primary N) is 1. The van der Waals surface area contributed by atoms with Crippen LogP contribution in [0.4, 0.5) is 17.2 Å². The van der Waals surface area contributed by atoms with Crippen molar-refractivity contribution in [1.29, 1.82) is 0 Å². The molecule has 0 bridgehead atoms. The zero-order chi connectivity index (χ0) is 26.5. The first kappa shape index (κ1) is 26.0. The van der Waals surface area contributed by atoms with Gasteiger partial charge in [0.25, 0.3) is 5.91 Å². The van der Waals surface area contributed by atoms with Crippen LogP contribution in [0.1, 0.15) is 37.0 Å². The van der Waals surface area contributed by atoms with Gasteiger partial charge in [0.15, 0.2) is 0 Å². The molecule has 2 aromatic carbocycles. The van der Waals surface area contributed by atoms with E-state index in [4.69, 9.17) is 5.73 Å². The number of carbonyl (C=O) groups excluding carboxylic acids is 1. The highest BCUT2D eigenvalue weighted by Gasteiger charge is 2.34. The molecule has 0 saturated carbocycles. The highest BCUT2D eigenvalue weighted by molar-refractivity contribution is 7.97. The Hall–Kier alpha value is -3.62. The number of rotatable bonds is 9. The molecule has 4 aromatic rings. The molecule has 7 nitrogen and oxygen atoms in total. The summed E-state index contributed by atoms with van der Waals surface area (Å²) < 4.78 is 2.43. The molecule has 3 N–H and O–H groups in total. The maximum absolute atomic E-state index is 12.7. The van der Waals surface area contributed by atoms with Gasteiger partial charge in [-0.05, 0) is 66.6 Å². The fourth-order valence-corrected chi connectivity index (χ4v) is 5.87. The summed E-state index contributed by atoms with van der Waals surface area (Å²) in [5.41, 5.74) is 8.87. The quantitative estimate of drug-likeness (QED) is 0.201. The Morgan fingerprint density at radius 2 is 1.95 bits per heavy atom. The number of aromatic nitrogens is 2. The molecule has 0 radical (unpaired) electrons. The Morgan fingerprint density at radius 3 is 2.74 bits per heavy atom. The number of para-hydroxylation sites is 3. The molecule has 2 aromatic heterocycles. The highest BCUT2D eigenvalue weighted by atomic mass is 32.2. The lowest BCUT2D eigenvalue weighted by molar-refractivity contribution is 0.102. The van der Waals surface area contributed by atoms with Crippen molar-refractivity contribution in [3.63, 3.8) is 0 Å². The van der Waals surface area contributed by atoms with Gasteiger partial charge < -0.3 is 16.0 Å². The minimum atomic E-state index is -0.216. The SMILES string of the molecule is CCN(CCC1(C)CCN(c2ccc(C(=O)Nc3ccccc3N)cn2)C1)Sc1cccc2cccnc12. The second-order valence-corrected chi connectivity index (χ2v) is 11.3. The van der Waals surface area contributed by atoms with Crippen LogP contribution < -0.4 is 16.0 Å². The summed E-state index contributed by atoms with van der Waals surface area (Å²) in [6.45, 7) is 8.46. The number of carbonyl (C=O) groups is 1. The molecule has 1 atom stereocenters. The van der Waals surface area contributed by atoms with E-state index in [2.05, 4.69) is 62.6 Å². The Kier molecular flexibility index (Phi) is 7.81. The molecule has 1 amide bonds. The molecule has 1 fully saturated rings. The van der Waals surface area contributed by atoms with Crippen LogP contribution in [0.15, 0.2) is 84.0 Å². The third-order valence-electron chi connectivity index (χ3n) is 7.24. The van der Waals surface area contributed by atoms with Crippen molar-refractivity contribution < 1.29 is 4.79 Å². The molecule has 3 heterocycles. The van der Waals surface area contributed by atoms with Gasteiger partial charge in [-0.15, -0.1) is 0 Å². The van der Waals surface area contributed by atoms with Crippen LogP contribution in [-0.2, 0) is 0 Å². The molecular formula is C30H34N6OS. The fraction of sp³-hybridized carbons (Fsp3) is 0.300. The van der Waals surface area contributed by atoms with Crippen LogP contribution in [0.3, 0.4) is 0 Å². The summed E-state index contributed by atoms with van der Waals surface area (Å²) >= 11 is 1.80. The van der Waals surface area contributed by atoms with Crippen molar-refractivity contribution in [3.05, 3.63) is 84.7 Å². The lowest BCUT2D eigenvalue weighted by atomic mass is 9.86. The average molecular weight is 527 g/mol. The van der Waals surface area contributed by atoms with Crippen LogP contribution in [0.25, 0.3) is 10.9 Å². The number of amides is 1. The van der Waals surface area contributed by atoms with Crippen molar-refractivity contribution in [1.82, 2.24) is 14.3 Å². The minimum absolute atomic E-state index is 0.202. The van der Waals surface area contributed by atoms with Crippen molar-refractivity contribution in [2.45, 2.75) is 31.6 Å². The van der Waals surface area contributed by atoms with Crippen molar-refractivity contribution in [2.24, 2.45) is 5.41 Å². The Labute approximate surface area is 228 Å². The molecule has 196 valence electrons. The monoisotopic (exact) mass is 526 g/mol. The Bertz CT molecular complexity index is 1410. The van der Waals surface area contributed by atoms with E-state index in [9.17, 15) is 4.79 Å². The second-order valence-electron chi connectivity index (χ2n) is 10.1. The van der Waals surface area contributed by atoms with Crippen LogP contribution in [0, 0.1) is 5.41 Å². The van der Waals surface area contributed by atoms with Crippen LogP contribution in [-0.4, -0.2) is 46.4 Å². The van der Waals surface area contributed by atoms with Gasteiger partial charge in [0.1, 0.15) is 5.82 Å². The third-order valence-corrected chi connectivity index (χ3v) is 8.47. The van der Waals surface area contributed by atoms with Crippen LogP contribution in [0.5, 0.6) is 0 Å². The molecule has 8 heteroatoms. The van der Waals surface area contributed by atoms with Crippen LogP contribution >= 0.6 is 11.9 Å². The molecule has 0 spiro atoms. The largest absolute Gasteiger partial charge is 0.397 e. The summed E-state index contributed by atoms with van der Waals surface area (Å²) in [6, 6.07) is 21.5. The van der Waals surface area contributed by atoms with Gasteiger partial charge in [-0.2, -0.15) is 0 Å². The summed E-state index contributed by atoms with van der Waals surface area (Å²) in [4.78, 5) is 25.4. The minimum Gasteiger partial charge on any atom is -0.397 e. The normalized spacial score (nSPS) is 17.3. The topological polar surface area (TPSA) is 87.4 Å². The van der Waals surface area contributed by atoms with Gasteiger partial charge in [0.2, 0.25) is 0 Å². The summed E-state index contributed by atoms with van der Waals surface area (Å²) in [7, 11) is 0. The smallest absolute Gasteiger partial charge is 0.257 e. The summed E-state index contributed by atoms with van der Waals surface area (Å²) in [5.74, 6) is 0.694. The molecule has 1 aliphatic heterocycles. The van der Waals surface area contributed by atoms with Crippen molar-refractivity contribution in [2.75, 3.05) is 42.1 Å². The average Bonchev–Trinajstić information content (AvgIpc) is 3.34. The molecule has 38 heavy (non-hydrogen) atoms. The standard InChI is InChI=1S/C30H34N6OS/c1-3-36(38-26-12-6-8-22-9-7-17-32-28(22)26)19-16-30(2)15-18-35(21-30)27-14-13-23(20-33-27)29(37)34-25-11-5-4-10-24(25)31/h4-14,17,20H,3,15-16,18-19,21,31H2,1-2H3,(H,34,37). The van der Waals surface area contributed by atoms with E-state index >= 15 is 0 Å². The number of anilines is 3. The summed E-state index contributed by atoms with van der Waals surface area (Å²) in [5, 5.41) is 4.03. The van der Waals surface area contributed by atoms with E-state index in [1.165, 1.54) is 10.3 Å². The van der Waals surface area contributed by atoms with Gasteiger partial charge in [-0.3, -0.25) is 9.78 Å². The van der Waals surface area contributed by atoms with E-state index in [0.29, 0.717) is 16.9 Å². The fourth-order valence-electron chi connectivity index (χ4n) is 4.89. The zero-order valence-electron chi connectivity index (χ0n) is 21.9. The number of pyridine rings is 2. The number of nitrogens with zero attached hydrogens (tertiary/aromatic N) is 4. The predicted octanol–water partition coefficient (Wildman–Crippen LogP) is 6.10. The molecule has 1 unspecified atom stereocenters. The maximum Gasteiger partial charge on any atom is 0.257 e. The van der Waals surface area contributed by atoms with Crippen molar-refractivity contribution >= 4 is 46.0 Å². The molecule has 1 saturated heterocycles. The van der Waals surface area contributed by atoms with Gasteiger partial charge in [-0.1, -0.05) is 44.2 Å². The molecular weight excluding hydrogens is 492 g/mol. The molecule has 0 aliphatic carbocycles. The van der Waals surface area contributed by atoms with E-state index in [1.807, 2.05) is 36.5 Å². The Balaban J connectivity index is 1.17. The number of hydrogen-bond acceptors (Lipinski definition) is 7. The second kappa shape index (κ2) is 11.4. The van der Waals surface area contributed by atoms with Crippen molar-refractivity contribution in [3.8, 4) is 0 Å². The first-order valence-electron chi connectivity index (χ1n) is 13.1. The first-order chi connectivity index (χ1) is 18.4. The lowest BCUT2D eigenvalue weighted by Crippen LogP contribution is -2.29. The van der Waals surface area contributed by atoms with E-state index in [-0.39, 0.29) is 11.3 Å². The van der Waals surface area contributed by atoms with Crippen LogP contribution in [0.2, 0.25) is 0 Å². The van der Waals surface area contributed by atoms with E-state index in [1.54, 1.807) is 30.3 Å². The first-order valence-corrected chi connectivity index (χ1v) is 13.8. The molecule has 1 aliphatic rings. The van der Waals surface area contributed by atoms with Gasteiger partial charge in [0.05, 0.1) is 22.5 Å². The van der Waals surface area contributed by atoms with Gasteiger partial charge in [0, 0.05) is 48.9 Å². The zero-order valence-corrected chi connectivity index (χ0v) is 22.7. The van der Waals surface area contributed by atoms with E-state index in [0.717, 1.165) is 50.4 Å². The van der Waals surface area contributed by atoms with Gasteiger partial charge in [-0.25, -0.2) is 9.29 Å².